The van der Waals surface area contributed by atoms with E-state index in [1.807, 2.05) is 0 Å². The van der Waals surface area contributed by atoms with Gasteiger partial charge in [0, 0.05) is 25.0 Å². The summed E-state index contributed by atoms with van der Waals surface area (Å²) < 4.78 is 36.6. The fraction of sp³-hybridized carbons (Fsp3) is 1.00. The van der Waals surface area contributed by atoms with E-state index < -0.39 is 12.6 Å². The molecule has 5 heteroatoms. The largest absolute Gasteiger partial charge is 0.389 e. The van der Waals surface area contributed by atoms with Crippen LogP contribution in [0.2, 0.25) is 0 Å². The van der Waals surface area contributed by atoms with Crippen molar-refractivity contribution in [3.63, 3.8) is 0 Å². The summed E-state index contributed by atoms with van der Waals surface area (Å²) in [6, 6.07) is 0.751. The summed E-state index contributed by atoms with van der Waals surface area (Å²) in [5.41, 5.74) is 0. The Hall–Kier alpha value is -0.290. The van der Waals surface area contributed by atoms with E-state index >= 15 is 0 Å². The lowest BCUT2D eigenvalue weighted by molar-refractivity contribution is -0.136. The molecule has 120 valence electrons. The summed E-state index contributed by atoms with van der Waals surface area (Å²) in [6.45, 7) is 7.22. The summed E-state index contributed by atoms with van der Waals surface area (Å²) in [5.74, 6) is 0. The predicted molar refractivity (Wildman–Crippen MR) is 76.9 cm³/mol. The highest BCUT2D eigenvalue weighted by atomic mass is 19.4. The first-order valence-corrected chi connectivity index (χ1v) is 7.96. The number of piperidine rings is 1. The van der Waals surface area contributed by atoms with Gasteiger partial charge >= 0.3 is 6.18 Å². The van der Waals surface area contributed by atoms with Crippen LogP contribution < -0.4 is 5.32 Å². The molecule has 20 heavy (non-hydrogen) atoms. The Morgan fingerprint density at radius 2 is 2.05 bits per heavy atom. The monoisotopic (exact) mass is 294 g/mol. The summed E-state index contributed by atoms with van der Waals surface area (Å²) in [4.78, 5) is 2.36. The quantitative estimate of drug-likeness (QED) is 0.729. The summed E-state index contributed by atoms with van der Waals surface area (Å²) in [6.07, 6.45) is 0.950. The highest BCUT2D eigenvalue weighted by Gasteiger charge is 2.27. The van der Waals surface area contributed by atoms with Crippen molar-refractivity contribution < 1.29 is 13.2 Å². The first-order valence-electron chi connectivity index (χ1n) is 7.96. The lowest BCUT2D eigenvalue weighted by Crippen LogP contribution is -2.46. The molecule has 0 saturated carbocycles. The smallest absolute Gasteiger partial charge is 0.313 e. The van der Waals surface area contributed by atoms with E-state index in [1.54, 1.807) is 0 Å². The lowest BCUT2D eigenvalue weighted by Gasteiger charge is -2.34. The Bertz CT molecular complexity index is 250. The van der Waals surface area contributed by atoms with E-state index in [4.69, 9.17) is 0 Å². The molecule has 0 aromatic carbocycles. The van der Waals surface area contributed by atoms with Gasteiger partial charge in [0.15, 0.2) is 0 Å². The number of nitrogens with zero attached hydrogens (tertiary/aromatic N) is 1. The van der Waals surface area contributed by atoms with E-state index in [0.29, 0.717) is 12.5 Å². The molecule has 1 rings (SSSR count). The predicted octanol–water partition coefficient (Wildman–Crippen LogP) is 3.96. The van der Waals surface area contributed by atoms with Crippen LogP contribution in [0, 0.1) is 0 Å². The molecular weight excluding hydrogens is 265 g/mol. The van der Waals surface area contributed by atoms with Crippen molar-refractivity contribution in [3.05, 3.63) is 0 Å². The SMILES string of the molecule is CCCN(CC1CCCCN1)C(C)CCCC(F)(F)F. The highest BCUT2D eigenvalue weighted by molar-refractivity contribution is 4.78. The average Bonchev–Trinajstić information content (AvgIpc) is 2.38. The topological polar surface area (TPSA) is 15.3 Å². The van der Waals surface area contributed by atoms with Crippen LogP contribution in [0.15, 0.2) is 0 Å². The number of hydrogen-bond donors (Lipinski definition) is 1. The van der Waals surface area contributed by atoms with Crippen molar-refractivity contribution in [1.82, 2.24) is 10.2 Å². The third-order valence-electron chi connectivity index (χ3n) is 4.08. The Morgan fingerprint density at radius 3 is 2.60 bits per heavy atom. The van der Waals surface area contributed by atoms with E-state index in [9.17, 15) is 13.2 Å². The third-order valence-corrected chi connectivity index (χ3v) is 4.08. The van der Waals surface area contributed by atoms with Gasteiger partial charge in [0.2, 0.25) is 0 Å². The molecule has 1 N–H and O–H groups in total. The van der Waals surface area contributed by atoms with Crippen LogP contribution in [-0.2, 0) is 0 Å². The van der Waals surface area contributed by atoms with Crippen LogP contribution in [0.5, 0.6) is 0 Å². The van der Waals surface area contributed by atoms with Gasteiger partial charge in [-0.15, -0.1) is 0 Å². The van der Waals surface area contributed by atoms with Crippen molar-refractivity contribution in [1.29, 1.82) is 0 Å². The second-order valence-electron chi connectivity index (χ2n) is 6.00. The maximum Gasteiger partial charge on any atom is 0.389 e. The van der Waals surface area contributed by atoms with Crippen LogP contribution in [0.3, 0.4) is 0 Å². The molecule has 2 unspecified atom stereocenters. The number of alkyl halides is 3. The molecule has 1 aliphatic rings. The van der Waals surface area contributed by atoms with Gasteiger partial charge in [0.05, 0.1) is 0 Å². The van der Waals surface area contributed by atoms with Gasteiger partial charge < -0.3 is 5.32 Å². The summed E-state index contributed by atoms with van der Waals surface area (Å²) in [7, 11) is 0. The zero-order valence-electron chi connectivity index (χ0n) is 12.8. The molecule has 0 bridgehead atoms. The van der Waals surface area contributed by atoms with Crippen LogP contribution >= 0.6 is 0 Å². The van der Waals surface area contributed by atoms with Gasteiger partial charge in [-0.05, 0) is 52.1 Å². The van der Waals surface area contributed by atoms with Gasteiger partial charge in [-0.2, -0.15) is 13.2 Å². The van der Waals surface area contributed by atoms with E-state index in [2.05, 4.69) is 24.1 Å². The number of hydrogen-bond acceptors (Lipinski definition) is 2. The van der Waals surface area contributed by atoms with E-state index in [0.717, 1.165) is 26.1 Å². The van der Waals surface area contributed by atoms with Gasteiger partial charge in [-0.1, -0.05) is 13.3 Å². The lowest BCUT2D eigenvalue weighted by atomic mass is 10.0. The third kappa shape index (κ3) is 7.48. The van der Waals surface area contributed by atoms with Crippen molar-refractivity contribution in [2.24, 2.45) is 0 Å². The molecule has 1 saturated heterocycles. The fourth-order valence-electron chi connectivity index (χ4n) is 2.92. The Labute approximate surface area is 121 Å². The fourth-order valence-corrected chi connectivity index (χ4v) is 2.92. The molecule has 0 spiro atoms. The Kier molecular flexibility index (Phi) is 7.88. The summed E-state index contributed by atoms with van der Waals surface area (Å²) in [5, 5.41) is 3.52. The zero-order valence-corrected chi connectivity index (χ0v) is 12.8. The van der Waals surface area contributed by atoms with Gasteiger partial charge in [0.25, 0.3) is 0 Å². The number of nitrogens with one attached hydrogen (secondary N) is 1. The van der Waals surface area contributed by atoms with Gasteiger partial charge in [0.1, 0.15) is 0 Å². The Morgan fingerprint density at radius 1 is 1.30 bits per heavy atom. The second kappa shape index (κ2) is 8.88. The maximum atomic E-state index is 12.2. The number of rotatable bonds is 8. The average molecular weight is 294 g/mol. The first-order chi connectivity index (χ1) is 9.42. The van der Waals surface area contributed by atoms with Crippen LogP contribution in [0.4, 0.5) is 13.2 Å². The molecule has 0 radical (unpaired) electrons. The molecule has 0 aromatic heterocycles. The van der Waals surface area contributed by atoms with Crippen molar-refractivity contribution in [3.8, 4) is 0 Å². The molecule has 0 aromatic rings. The van der Waals surface area contributed by atoms with E-state index in [1.165, 1.54) is 19.3 Å². The normalized spacial score (nSPS) is 22.2. The Balaban J connectivity index is 2.34. The second-order valence-corrected chi connectivity index (χ2v) is 6.00. The molecule has 1 aliphatic heterocycles. The van der Waals surface area contributed by atoms with Crippen LogP contribution in [0.1, 0.15) is 58.8 Å². The first kappa shape index (κ1) is 17.8. The van der Waals surface area contributed by atoms with Crippen LogP contribution in [0.25, 0.3) is 0 Å². The van der Waals surface area contributed by atoms with Gasteiger partial charge in [-0.3, -0.25) is 4.90 Å². The molecule has 1 fully saturated rings. The van der Waals surface area contributed by atoms with Crippen molar-refractivity contribution in [2.45, 2.75) is 77.1 Å². The minimum Gasteiger partial charge on any atom is -0.313 e. The number of halogens is 3. The molecule has 0 aliphatic carbocycles. The maximum absolute atomic E-state index is 12.2. The molecular formula is C15H29F3N2. The molecule has 0 amide bonds. The van der Waals surface area contributed by atoms with Crippen molar-refractivity contribution in [2.75, 3.05) is 19.6 Å². The minimum atomic E-state index is -4.01. The molecule has 2 nitrogen and oxygen atoms in total. The summed E-state index contributed by atoms with van der Waals surface area (Å²) >= 11 is 0. The minimum absolute atomic E-state index is 0.237. The zero-order chi connectivity index (χ0) is 15.0. The highest BCUT2D eigenvalue weighted by Crippen LogP contribution is 2.23. The standard InChI is InChI=1S/C15H29F3N2/c1-3-11-20(12-14-8-4-5-10-19-14)13(2)7-6-9-15(16,17)18/h13-14,19H,3-12H2,1-2H3. The van der Waals surface area contributed by atoms with E-state index in [-0.39, 0.29) is 12.5 Å². The van der Waals surface area contributed by atoms with Gasteiger partial charge in [-0.25, -0.2) is 0 Å². The molecule has 2 atom stereocenters. The van der Waals surface area contributed by atoms with Crippen LogP contribution in [-0.4, -0.2) is 42.8 Å². The molecule has 1 heterocycles. The van der Waals surface area contributed by atoms with Crippen molar-refractivity contribution >= 4 is 0 Å².